The molecule has 1 saturated heterocycles. The number of benzene rings is 2. The molecule has 38 heavy (non-hydrogen) atoms. The molecule has 1 unspecified atom stereocenters. The van der Waals surface area contributed by atoms with Crippen LogP contribution in [0.25, 0.3) is 5.76 Å². The Labute approximate surface area is 225 Å². The average molecular weight is 513 g/mol. The standard InChI is InChI=1S/C32H36N2O4/c1-8-38-25-17-12-20(19-23(25)32(5,6)7)28(35)26-27(24-11-9-10-18-33-24)34(30(37)29(26)36)22-15-13-21(14-16-22)31(2,3)4/h9-19,27,35H,8H2,1-7H3/b28-26-. The van der Waals surface area contributed by atoms with Crippen molar-refractivity contribution in [3.8, 4) is 5.75 Å². The van der Waals surface area contributed by atoms with Gasteiger partial charge in [0.2, 0.25) is 0 Å². The van der Waals surface area contributed by atoms with Gasteiger partial charge in [0, 0.05) is 23.0 Å². The summed E-state index contributed by atoms with van der Waals surface area (Å²) in [6, 6.07) is 17.4. The zero-order chi connectivity index (χ0) is 27.8. The molecule has 1 atom stereocenters. The zero-order valence-electron chi connectivity index (χ0n) is 23.2. The lowest BCUT2D eigenvalue weighted by atomic mass is 9.84. The predicted octanol–water partition coefficient (Wildman–Crippen LogP) is 6.70. The maximum Gasteiger partial charge on any atom is 0.300 e. The third-order valence-electron chi connectivity index (χ3n) is 6.78. The average Bonchev–Trinajstić information content (AvgIpc) is 3.13. The number of nitrogens with zero attached hydrogens (tertiary/aromatic N) is 2. The highest BCUT2D eigenvalue weighted by Crippen LogP contribution is 2.43. The first-order valence-corrected chi connectivity index (χ1v) is 12.9. The monoisotopic (exact) mass is 512 g/mol. The van der Waals surface area contributed by atoms with Crippen LogP contribution in [0.4, 0.5) is 5.69 Å². The molecule has 198 valence electrons. The molecular formula is C32H36N2O4. The highest BCUT2D eigenvalue weighted by atomic mass is 16.5. The smallest absolute Gasteiger partial charge is 0.300 e. The predicted molar refractivity (Wildman–Crippen MR) is 150 cm³/mol. The van der Waals surface area contributed by atoms with Crippen molar-refractivity contribution < 1.29 is 19.4 Å². The highest BCUT2D eigenvalue weighted by Gasteiger charge is 2.47. The van der Waals surface area contributed by atoms with E-state index in [1.807, 2.05) is 37.3 Å². The molecule has 0 spiro atoms. The number of hydrogen-bond acceptors (Lipinski definition) is 5. The lowest BCUT2D eigenvalue weighted by molar-refractivity contribution is -0.132. The number of amides is 1. The fourth-order valence-corrected chi connectivity index (χ4v) is 4.74. The second kappa shape index (κ2) is 10.1. The summed E-state index contributed by atoms with van der Waals surface area (Å²) in [7, 11) is 0. The van der Waals surface area contributed by atoms with Crippen LogP contribution in [0.5, 0.6) is 5.75 Å². The minimum atomic E-state index is -0.874. The van der Waals surface area contributed by atoms with Crippen molar-refractivity contribution in [3.05, 3.63) is 94.8 Å². The van der Waals surface area contributed by atoms with E-state index in [1.165, 1.54) is 4.90 Å². The second-order valence-electron chi connectivity index (χ2n) is 11.6. The maximum absolute atomic E-state index is 13.5. The molecule has 0 radical (unpaired) electrons. The van der Waals surface area contributed by atoms with Crippen LogP contribution in [-0.2, 0) is 20.4 Å². The van der Waals surface area contributed by atoms with Crippen LogP contribution in [0.15, 0.2) is 72.4 Å². The van der Waals surface area contributed by atoms with Crippen LogP contribution in [0.3, 0.4) is 0 Å². The number of Topliss-reactive ketones (excluding diaryl/α,β-unsaturated/α-hetero) is 1. The fraction of sp³-hybridized carbons (Fsp3) is 0.344. The molecular weight excluding hydrogens is 476 g/mol. The van der Waals surface area contributed by atoms with Crippen LogP contribution in [0.2, 0.25) is 0 Å². The zero-order valence-corrected chi connectivity index (χ0v) is 23.2. The molecule has 0 bridgehead atoms. The van der Waals surface area contributed by atoms with E-state index in [2.05, 4.69) is 46.5 Å². The van der Waals surface area contributed by atoms with Gasteiger partial charge < -0.3 is 9.84 Å². The molecule has 0 aliphatic carbocycles. The molecule has 1 amide bonds. The summed E-state index contributed by atoms with van der Waals surface area (Å²) in [5.74, 6) is -0.962. The van der Waals surface area contributed by atoms with E-state index >= 15 is 0 Å². The summed E-state index contributed by atoms with van der Waals surface area (Å²) in [5.41, 5.74) is 3.18. The Balaban J connectivity index is 1.90. The quantitative estimate of drug-likeness (QED) is 0.234. The van der Waals surface area contributed by atoms with Crippen LogP contribution in [0.1, 0.15) is 76.9 Å². The van der Waals surface area contributed by atoms with Crippen molar-refractivity contribution >= 4 is 23.1 Å². The number of aromatic nitrogens is 1. The minimum Gasteiger partial charge on any atom is -0.507 e. The normalized spacial score (nSPS) is 17.7. The minimum absolute atomic E-state index is 0.0117. The number of aliphatic hydroxyl groups is 1. The fourth-order valence-electron chi connectivity index (χ4n) is 4.74. The Morgan fingerprint density at radius 2 is 1.63 bits per heavy atom. The molecule has 1 aromatic heterocycles. The lowest BCUT2D eigenvalue weighted by Crippen LogP contribution is -2.30. The third kappa shape index (κ3) is 5.08. The van der Waals surface area contributed by atoms with Gasteiger partial charge in [-0.1, -0.05) is 59.7 Å². The largest absolute Gasteiger partial charge is 0.507 e. The second-order valence-corrected chi connectivity index (χ2v) is 11.6. The van der Waals surface area contributed by atoms with Gasteiger partial charge >= 0.3 is 0 Å². The van der Waals surface area contributed by atoms with Gasteiger partial charge in [0.25, 0.3) is 11.7 Å². The number of aliphatic hydroxyl groups excluding tert-OH is 1. The van der Waals surface area contributed by atoms with Gasteiger partial charge in [0.1, 0.15) is 17.6 Å². The summed E-state index contributed by atoms with van der Waals surface area (Å²) in [6.45, 7) is 14.9. The van der Waals surface area contributed by atoms with Crippen molar-refractivity contribution in [2.24, 2.45) is 0 Å². The number of carbonyl (C=O) groups excluding carboxylic acids is 2. The third-order valence-corrected chi connectivity index (χ3v) is 6.78. The van der Waals surface area contributed by atoms with Crippen LogP contribution < -0.4 is 9.64 Å². The van der Waals surface area contributed by atoms with Gasteiger partial charge in [0.15, 0.2) is 0 Å². The molecule has 0 saturated carbocycles. The van der Waals surface area contributed by atoms with E-state index in [0.29, 0.717) is 23.6 Å². The summed E-state index contributed by atoms with van der Waals surface area (Å²) in [6.07, 6.45) is 1.62. The van der Waals surface area contributed by atoms with Crippen LogP contribution in [-0.4, -0.2) is 28.4 Å². The molecule has 2 aromatic carbocycles. The first kappa shape index (κ1) is 27.1. The summed E-state index contributed by atoms with van der Waals surface area (Å²) < 4.78 is 5.82. The van der Waals surface area contributed by atoms with Crippen LogP contribution in [0, 0.1) is 0 Å². The number of hydrogen-bond donors (Lipinski definition) is 1. The van der Waals surface area contributed by atoms with Crippen molar-refractivity contribution in [2.75, 3.05) is 11.5 Å². The van der Waals surface area contributed by atoms with Crippen molar-refractivity contribution in [2.45, 2.75) is 65.3 Å². The number of pyridine rings is 1. The summed E-state index contributed by atoms with van der Waals surface area (Å²) in [5, 5.41) is 11.6. The molecule has 1 N–H and O–H groups in total. The molecule has 3 aromatic rings. The number of rotatable bonds is 5. The van der Waals surface area contributed by atoms with E-state index in [4.69, 9.17) is 4.74 Å². The maximum atomic E-state index is 13.5. The van der Waals surface area contributed by atoms with Gasteiger partial charge in [-0.25, -0.2) is 0 Å². The highest BCUT2D eigenvalue weighted by molar-refractivity contribution is 6.51. The van der Waals surface area contributed by atoms with Gasteiger partial charge in [-0.2, -0.15) is 0 Å². The molecule has 6 nitrogen and oxygen atoms in total. The Hall–Kier alpha value is -3.93. The van der Waals surface area contributed by atoms with E-state index < -0.39 is 17.7 Å². The molecule has 1 aliphatic heterocycles. The first-order chi connectivity index (χ1) is 17.8. The molecule has 2 heterocycles. The molecule has 6 heteroatoms. The Morgan fingerprint density at radius 1 is 0.947 bits per heavy atom. The van der Waals surface area contributed by atoms with E-state index in [-0.39, 0.29) is 22.2 Å². The number of carbonyl (C=O) groups is 2. The Kier molecular flexibility index (Phi) is 7.20. The molecule has 1 fully saturated rings. The van der Waals surface area contributed by atoms with Gasteiger partial charge in [0.05, 0.1) is 17.9 Å². The van der Waals surface area contributed by atoms with Crippen molar-refractivity contribution in [3.63, 3.8) is 0 Å². The van der Waals surface area contributed by atoms with Crippen molar-refractivity contribution in [1.29, 1.82) is 0 Å². The first-order valence-electron chi connectivity index (χ1n) is 12.9. The Bertz CT molecular complexity index is 1380. The molecule has 4 rings (SSSR count). The topological polar surface area (TPSA) is 79.7 Å². The summed E-state index contributed by atoms with van der Waals surface area (Å²) >= 11 is 0. The number of anilines is 1. The van der Waals surface area contributed by atoms with Gasteiger partial charge in [-0.3, -0.25) is 19.5 Å². The Morgan fingerprint density at radius 3 is 2.18 bits per heavy atom. The van der Waals surface area contributed by atoms with Gasteiger partial charge in [-0.05, 0) is 65.8 Å². The van der Waals surface area contributed by atoms with Crippen LogP contribution >= 0.6 is 0 Å². The van der Waals surface area contributed by atoms with E-state index in [0.717, 1.165) is 16.9 Å². The van der Waals surface area contributed by atoms with Gasteiger partial charge in [-0.15, -0.1) is 0 Å². The lowest BCUT2D eigenvalue weighted by Gasteiger charge is -2.26. The number of ether oxygens (including phenoxy) is 1. The SMILES string of the molecule is CCOc1ccc(/C(O)=C2/C(=O)C(=O)N(c3ccc(C(C)(C)C)cc3)C2c2ccccn2)cc1C(C)(C)C. The number of ketones is 1. The summed E-state index contributed by atoms with van der Waals surface area (Å²) in [4.78, 5) is 32.9. The van der Waals surface area contributed by atoms with E-state index in [9.17, 15) is 14.7 Å². The van der Waals surface area contributed by atoms with E-state index in [1.54, 1.807) is 36.5 Å². The molecule has 1 aliphatic rings. The van der Waals surface area contributed by atoms with Crippen molar-refractivity contribution in [1.82, 2.24) is 4.98 Å².